The number of nitro groups is 2. The van der Waals surface area contributed by atoms with Crippen LogP contribution in [0.1, 0.15) is 6.42 Å². The Kier molecular flexibility index (Phi) is 2.68. The molecule has 1 aliphatic rings. The molecular weight excluding hydrogens is 208 g/mol. The Bertz CT molecular complexity index is 433. The van der Waals surface area contributed by atoms with Crippen molar-refractivity contribution in [2.75, 3.05) is 0 Å². The van der Waals surface area contributed by atoms with Crippen molar-refractivity contribution < 1.29 is 19.4 Å². The van der Waals surface area contributed by atoms with Gasteiger partial charge in [-0.15, -0.1) is 0 Å². The SMILES string of the molecule is [N-]=[N+]=C1CC=C([N+](=O)[O-])C(=O)C1[N+](=O)[O-]. The van der Waals surface area contributed by atoms with E-state index in [2.05, 4.69) is 4.79 Å². The number of allylic oxidation sites excluding steroid dienone is 1. The molecule has 9 nitrogen and oxygen atoms in total. The highest BCUT2D eigenvalue weighted by Crippen LogP contribution is 2.14. The molecule has 15 heavy (non-hydrogen) atoms. The zero-order valence-electron chi connectivity index (χ0n) is 7.19. The Balaban J connectivity index is 3.23. The van der Waals surface area contributed by atoms with Gasteiger partial charge in [0.15, 0.2) is 0 Å². The second kappa shape index (κ2) is 3.76. The Morgan fingerprint density at radius 3 is 2.47 bits per heavy atom. The number of rotatable bonds is 2. The molecule has 0 aromatic carbocycles. The molecule has 0 aromatic rings. The Morgan fingerprint density at radius 2 is 2.07 bits per heavy atom. The van der Waals surface area contributed by atoms with E-state index in [1.807, 2.05) is 0 Å². The molecule has 0 N–H and O–H groups in total. The summed E-state index contributed by atoms with van der Waals surface area (Å²) in [4.78, 5) is 32.6. The maximum absolute atomic E-state index is 11.2. The van der Waals surface area contributed by atoms with E-state index >= 15 is 0 Å². The predicted molar refractivity (Wildman–Crippen MR) is 44.1 cm³/mol. The third-order valence-electron chi connectivity index (χ3n) is 1.86. The van der Waals surface area contributed by atoms with Gasteiger partial charge in [-0.05, 0) is 0 Å². The van der Waals surface area contributed by atoms with Gasteiger partial charge < -0.3 is 5.53 Å². The molecule has 0 aromatic heterocycles. The molecule has 0 aliphatic heterocycles. The van der Waals surface area contributed by atoms with Crippen molar-refractivity contribution in [2.45, 2.75) is 12.5 Å². The van der Waals surface area contributed by atoms with E-state index in [9.17, 15) is 25.0 Å². The summed E-state index contributed by atoms with van der Waals surface area (Å²) in [5.41, 5.74) is 7.13. The fourth-order valence-corrected chi connectivity index (χ4v) is 1.18. The topological polar surface area (TPSA) is 140 Å². The molecule has 0 heterocycles. The Labute approximate surface area is 81.9 Å². The number of Topliss-reactive ketones (excluding diaryl/α,β-unsaturated/α-hetero) is 1. The smallest absolute Gasteiger partial charge is 0.361 e. The lowest BCUT2D eigenvalue weighted by Gasteiger charge is -2.05. The van der Waals surface area contributed by atoms with Gasteiger partial charge in [-0.25, -0.2) is 0 Å². The van der Waals surface area contributed by atoms with Gasteiger partial charge in [-0.2, -0.15) is 4.79 Å². The first-order chi connectivity index (χ1) is 6.99. The van der Waals surface area contributed by atoms with Crippen LogP contribution in [0.5, 0.6) is 0 Å². The van der Waals surface area contributed by atoms with Crippen LogP contribution in [0.2, 0.25) is 0 Å². The van der Waals surface area contributed by atoms with Crippen LogP contribution in [-0.4, -0.2) is 32.2 Å². The van der Waals surface area contributed by atoms with Crippen LogP contribution in [0.3, 0.4) is 0 Å². The minimum absolute atomic E-state index is 0.287. The van der Waals surface area contributed by atoms with Crippen molar-refractivity contribution in [3.05, 3.63) is 37.5 Å². The molecule has 1 aliphatic carbocycles. The maximum atomic E-state index is 11.2. The molecule has 0 spiro atoms. The molecule has 1 atom stereocenters. The lowest BCUT2D eigenvalue weighted by atomic mass is 9.96. The van der Waals surface area contributed by atoms with E-state index in [0.717, 1.165) is 6.08 Å². The van der Waals surface area contributed by atoms with Crippen molar-refractivity contribution in [2.24, 2.45) is 0 Å². The van der Waals surface area contributed by atoms with E-state index in [-0.39, 0.29) is 6.42 Å². The van der Waals surface area contributed by atoms with E-state index in [0.29, 0.717) is 0 Å². The lowest BCUT2D eigenvalue weighted by molar-refractivity contribution is -0.496. The number of nitrogens with zero attached hydrogens (tertiary/aromatic N) is 4. The number of carbonyl (C=O) groups excluding carboxylic acids is 1. The van der Waals surface area contributed by atoms with Gasteiger partial charge in [0.25, 0.3) is 0 Å². The summed E-state index contributed by atoms with van der Waals surface area (Å²) in [5, 5.41) is 20.8. The molecule has 9 heteroatoms. The van der Waals surface area contributed by atoms with Crippen molar-refractivity contribution >= 4 is 11.5 Å². The molecule has 0 bridgehead atoms. The average Bonchev–Trinajstić information content (AvgIpc) is 2.15. The molecule has 1 rings (SSSR count). The van der Waals surface area contributed by atoms with E-state index in [1.165, 1.54) is 0 Å². The van der Waals surface area contributed by atoms with Crippen LogP contribution in [-0.2, 0) is 4.79 Å². The molecular formula is C6H4N4O5. The van der Waals surface area contributed by atoms with Gasteiger partial charge in [0.2, 0.25) is 0 Å². The summed E-state index contributed by atoms with van der Waals surface area (Å²) in [7, 11) is 0. The predicted octanol–water partition coefficient (Wildman–Crippen LogP) is -0.564. The monoisotopic (exact) mass is 212 g/mol. The van der Waals surface area contributed by atoms with Crippen LogP contribution < -0.4 is 0 Å². The molecule has 0 saturated heterocycles. The normalized spacial score (nSPS) is 20.5. The second-order valence-electron chi connectivity index (χ2n) is 2.69. The van der Waals surface area contributed by atoms with Crippen LogP contribution in [0.25, 0.3) is 5.53 Å². The van der Waals surface area contributed by atoms with Gasteiger partial charge in [-0.3, -0.25) is 25.0 Å². The van der Waals surface area contributed by atoms with Crippen molar-refractivity contribution in [1.29, 1.82) is 0 Å². The lowest BCUT2D eigenvalue weighted by Crippen LogP contribution is -2.42. The second-order valence-corrected chi connectivity index (χ2v) is 2.69. The number of hydrogen-bond donors (Lipinski definition) is 0. The maximum Gasteiger partial charge on any atom is 0.375 e. The fourth-order valence-electron chi connectivity index (χ4n) is 1.18. The zero-order chi connectivity index (χ0) is 11.6. The van der Waals surface area contributed by atoms with E-state index in [4.69, 9.17) is 5.53 Å². The quantitative estimate of drug-likeness (QED) is 0.261. The third-order valence-corrected chi connectivity index (χ3v) is 1.86. The van der Waals surface area contributed by atoms with Crippen molar-refractivity contribution in [3.63, 3.8) is 0 Å². The van der Waals surface area contributed by atoms with Gasteiger partial charge in [0.05, 0.1) is 11.3 Å². The highest BCUT2D eigenvalue weighted by molar-refractivity contribution is 6.14. The Morgan fingerprint density at radius 1 is 1.47 bits per heavy atom. The molecule has 0 amide bonds. The summed E-state index contributed by atoms with van der Waals surface area (Å²) >= 11 is 0. The minimum Gasteiger partial charge on any atom is -0.361 e. The largest absolute Gasteiger partial charge is 0.375 e. The van der Waals surface area contributed by atoms with Gasteiger partial charge in [-0.1, -0.05) is 0 Å². The van der Waals surface area contributed by atoms with Crippen LogP contribution in [0.15, 0.2) is 11.8 Å². The highest BCUT2D eigenvalue weighted by atomic mass is 16.6. The first-order valence-electron chi connectivity index (χ1n) is 3.72. The zero-order valence-corrected chi connectivity index (χ0v) is 7.19. The number of carbonyl (C=O) groups is 1. The fraction of sp³-hybridized carbons (Fsp3) is 0.333. The molecule has 1 unspecified atom stereocenters. The van der Waals surface area contributed by atoms with Crippen molar-refractivity contribution in [1.82, 2.24) is 0 Å². The van der Waals surface area contributed by atoms with Crippen molar-refractivity contribution in [3.8, 4) is 0 Å². The highest BCUT2D eigenvalue weighted by Gasteiger charge is 2.50. The Hall–Kier alpha value is -2.41. The summed E-state index contributed by atoms with van der Waals surface area (Å²) in [6.45, 7) is 0. The van der Waals surface area contributed by atoms with Gasteiger partial charge in [0.1, 0.15) is 0 Å². The standard InChI is InChI=1S/C6H4N4O5/c7-8-3-1-2-4(9(12)13)6(11)5(3)10(14)15/h2,5H,1H2. The number of ketones is 1. The summed E-state index contributed by atoms with van der Waals surface area (Å²) in [5.74, 6) is -1.27. The third kappa shape index (κ3) is 1.76. The average molecular weight is 212 g/mol. The molecule has 78 valence electrons. The molecule has 0 radical (unpaired) electrons. The first kappa shape index (κ1) is 10.7. The van der Waals surface area contributed by atoms with Gasteiger partial charge in [0, 0.05) is 11.0 Å². The van der Waals surface area contributed by atoms with Crippen LogP contribution in [0.4, 0.5) is 0 Å². The minimum atomic E-state index is -1.96. The molecule has 0 saturated carbocycles. The summed E-state index contributed by atoms with van der Waals surface area (Å²) in [6.07, 6.45) is 0.599. The summed E-state index contributed by atoms with van der Waals surface area (Å²) < 4.78 is 0. The summed E-state index contributed by atoms with van der Waals surface area (Å²) in [6, 6.07) is -1.96. The number of hydrogen-bond acceptors (Lipinski definition) is 5. The van der Waals surface area contributed by atoms with E-state index < -0.39 is 33.1 Å². The van der Waals surface area contributed by atoms with E-state index in [1.54, 1.807) is 0 Å². The first-order valence-corrected chi connectivity index (χ1v) is 3.72. The van der Waals surface area contributed by atoms with Gasteiger partial charge >= 0.3 is 23.2 Å². The van der Waals surface area contributed by atoms with Crippen LogP contribution >= 0.6 is 0 Å². The van der Waals surface area contributed by atoms with Crippen LogP contribution in [0, 0.1) is 20.2 Å². The molecule has 0 fully saturated rings.